The van der Waals surface area contributed by atoms with Crippen LogP contribution in [0.25, 0.3) is 0 Å². The van der Waals surface area contributed by atoms with Crippen LogP contribution in [-0.2, 0) is 25.4 Å². The summed E-state index contributed by atoms with van der Waals surface area (Å²) in [4.78, 5) is 3.95. The van der Waals surface area contributed by atoms with E-state index in [1.807, 2.05) is 48.2 Å². The second-order valence-electron chi connectivity index (χ2n) is 10.2. The molecule has 44 heavy (non-hydrogen) atoms. The van der Waals surface area contributed by atoms with E-state index in [0.29, 0.717) is 34.5 Å². The Kier molecular flexibility index (Phi) is 10.1. The summed E-state index contributed by atoms with van der Waals surface area (Å²) in [6.07, 6.45) is -8.96. The van der Waals surface area contributed by atoms with E-state index in [4.69, 9.17) is 28.9 Å². The molecule has 4 N–H and O–H groups in total. The second-order valence-corrected chi connectivity index (χ2v) is 11.1. The minimum Gasteiger partial charge on any atom is -0.397 e. The Hall–Kier alpha value is -3.80. The summed E-state index contributed by atoms with van der Waals surface area (Å²) in [5.74, 6) is 0. The fraction of sp³-hybridized carbons (Fsp3) is 0.226. The molecule has 0 amide bonds. The summed E-state index contributed by atoms with van der Waals surface area (Å²) in [5, 5.41) is 7.42. The third-order valence-electron chi connectivity index (χ3n) is 6.74. The zero-order valence-corrected chi connectivity index (χ0v) is 25.1. The maximum Gasteiger partial charge on any atom is 0.416 e. The largest absolute Gasteiger partial charge is 0.416 e. The highest BCUT2D eigenvalue weighted by atomic mass is 35.5. The molecule has 4 aromatic carbocycles. The monoisotopic (exact) mass is 655 g/mol. The molecule has 234 valence electrons. The zero-order chi connectivity index (χ0) is 32.2. The van der Waals surface area contributed by atoms with Crippen molar-refractivity contribution in [1.29, 1.82) is 0 Å². The van der Waals surface area contributed by atoms with Crippen molar-refractivity contribution in [1.82, 2.24) is 4.90 Å². The van der Waals surface area contributed by atoms with Crippen molar-refractivity contribution in [3.05, 3.63) is 117 Å². The third kappa shape index (κ3) is 8.43. The van der Waals surface area contributed by atoms with Crippen LogP contribution in [0.15, 0.2) is 84.9 Å². The van der Waals surface area contributed by atoms with Crippen molar-refractivity contribution in [2.45, 2.75) is 31.7 Å². The van der Waals surface area contributed by atoms with E-state index in [-0.39, 0.29) is 12.0 Å². The lowest BCUT2D eigenvalue weighted by Gasteiger charge is -2.31. The fourth-order valence-corrected chi connectivity index (χ4v) is 4.74. The van der Waals surface area contributed by atoms with Crippen LogP contribution in [0.1, 0.15) is 22.3 Å². The van der Waals surface area contributed by atoms with E-state index in [1.54, 1.807) is 24.3 Å². The van der Waals surface area contributed by atoms with E-state index < -0.39 is 23.5 Å². The fourth-order valence-electron chi connectivity index (χ4n) is 4.49. The lowest BCUT2D eigenvalue weighted by molar-refractivity contribution is -0.138. The topological polar surface area (TPSA) is 56.6 Å². The number of nitrogens with zero attached hydrogens (tertiary/aromatic N) is 2. The van der Waals surface area contributed by atoms with Gasteiger partial charge in [0.25, 0.3) is 0 Å². The molecule has 0 spiro atoms. The Morgan fingerprint density at radius 1 is 0.773 bits per heavy atom. The summed E-state index contributed by atoms with van der Waals surface area (Å²) in [5.41, 5.74) is 7.95. The SMILES string of the molecule is CN(C)C1Nc2cc(C(F)(F)F)ccc2N1Cc1ccc(Cl)cc1.Nc1cc(C(F)(F)F)ccc1NCc1ccc(Cl)cc1. The van der Waals surface area contributed by atoms with Gasteiger partial charge in [0.1, 0.15) is 0 Å². The molecule has 1 aliphatic rings. The molecule has 0 bridgehead atoms. The number of alkyl halides is 6. The molecule has 0 aliphatic carbocycles. The Morgan fingerprint density at radius 2 is 1.30 bits per heavy atom. The van der Waals surface area contributed by atoms with Crippen LogP contribution in [0.5, 0.6) is 0 Å². The van der Waals surface area contributed by atoms with Crippen molar-refractivity contribution in [3.8, 4) is 0 Å². The molecule has 0 saturated heterocycles. The maximum absolute atomic E-state index is 12.9. The number of rotatable bonds is 6. The average molecular weight is 657 g/mol. The van der Waals surface area contributed by atoms with Crippen molar-refractivity contribution < 1.29 is 26.3 Å². The summed E-state index contributed by atoms with van der Waals surface area (Å²) >= 11 is 11.7. The van der Waals surface area contributed by atoms with Crippen LogP contribution in [0.2, 0.25) is 10.0 Å². The molecule has 1 unspecified atom stereocenters. The molecule has 0 radical (unpaired) electrons. The van der Waals surface area contributed by atoms with Gasteiger partial charge in [-0.25, -0.2) is 0 Å². The second kappa shape index (κ2) is 13.5. The minimum atomic E-state index is -4.39. The Bertz CT molecular complexity index is 1560. The summed E-state index contributed by atoms with van der Waals surface area (Å²) < 4.78 is 76.3. The first-order valence-corrected chi connectivity index (χ1v) is 14.0. The Morgan fingerprint density at radius 3 is 1.82 bits per heavy atom. The van der Waals surface area contributed by atoms with Crippen LogP contribution in [0, 0.1) is 0 Å². The maximum atomic E-state index is 12.9. The van der Waals surface area contributed by atoms with Crippen LogP contribution < -0.4 is 21.3 Å². The molecular weight excluding hydrogens is 627 g/mol. The number of nitrogens with one attached hydrogen (secondary N) is 2. The number of hydrogen-bond donors (Lipinski definition) is 3. The molecule has 0 aromatic heterocycles. The van der Waals surface area contributed by atoms with Crippen LogP contribution in [-0.4, -0.2) is 25.3 Å². The van der Waals surface area contributed by atoms with Crippen molar-refractivity contribution in [2.24, 2.45) is 0 Å². The molecule has 1 heterocycles. The quantitative estimate of drug-likeness (QED) is 0.143. The molecule has 0 saturated carbocycles. The number of nitrogens with two attached hydrogens (primary N) is 1. The van der Waals surface area contributed by atoms with Gasteiger partial charge >= 0.3 is 12.4 Å². The summed E-state index contributed by atoms with van der Waals surface area (Å²) in [6, 6.07) is 21.6. The van der Waals surface area contributed by atoms with Gasteiger partial charge in [-0.3, -0.25) is 4.90 Å². The van der Waals surface area contributed by atoms with Gasteiger partial charge in [-0.15, -0.1) is 0 Å². The number of nitrogen functional groups attached to an aromatic ring is 1. The lowest BCUT2D eigenvalue weighted by Crippen LogP contribution is -2.45. The predicted molar refractivity (Wildman–Crippen MR) is 165 cm³/mol. The Balaban J connectivity index is 0.000000204. The first-order valence-electron chi connectivity index (χ1n) is 13.2. The first-order chi connectivity index (χ1) is 20.6. The molecule has 0 fully saturated rings. The molecule has 13 heteroatoms. The normalized spacial score (nSPS) is 14.5. The highest BCUT2D eigenvalue weighted by Crippen LogP contribution is 2.41. The first kappa shape index (κ1) is 33.1. The van der Waals surface area contributed by atoms with Gasteiger partial charge < -0.3 is 21.3 Å². The average Bonchev–Trinajstić information content (AvgIpc) is 3.32. The van der Waals surface area contributed by atoms with E-state index in [2.05, 4.69) is 10.6 Å². The van der Waals surface area contributed by atoms with Gasteiger partial charge in [0.05, 0.1) is 33.9 Å². The minimum absolute atomic E-state index is 0.0637. The highest BCUT2D eigenvalue weighted by molar-refractivity contribution is 6.30. The van der Waals surface area contributed by atoms with E-state index in [1.165, 1.54) is 12.1 Å². The summed E-state index contributed by atoms with van der Waals surface area (Å²) in [6.45, 7) is 1.01. The van der Waals surface area contributed by atoms with E-state index >= 15 is 0 Å². The van der Waals surface area contributed by atoms with Gasteiger partial charge in [0, 0.05) is 23.1 Å². The predicted octanol–water partition coefficient (Wildman–Crippen LogP) is 9.19. The van der Waals surface area contributed by atoms with Gasteiger partial charge in [-0.05, 0) is 85.9 Å². The van der Waals surface area contributed by atoms with Crippen LogP contribution in [0.3, 0.4) is 0 Å². The van der Waals surface area contributed by atoms with Crippen LogP contribution >= 0.6 is 23.2 Å². The molecule has 1 aliphatic heterocycles. The van der Waals surface area contributed by atoms with Crippen molar-refractivity contribution >= 4 is 46.0 Å². The molecule has 1 atom stereocenters. The van der Waals surface area contributed by atoms with Gasteiger partial charge in [0.2, 0.25) is 0 Å². The molecule has 5 rings (SSSR count). The summed E-state index contributed by atoms with van der Waals surface area (Å²) in [7, 11) is 3.76. The molecule has 5 nitrogen and oxygen atoms in total. The van der Waals surface area contributed by atoms with Gasteiger partial charge in [0.15, 0.2) is 6.29 Å². The lowest BCUT2D eigenvalue weighted by atomic mass is 10.1. The molecule has 4 aromatic rings. The highest BCUT2D eigenvalue weighted by Gasteiger charge is 2.35. The number of fused-ring (bicyclic) bond motifs is 1. The number of hydrogen-bond acceptors (Lipinski definition) is 5. The number of anilines is 4. The van der Waals surface area contributed by atoms with Crippen LogP contribution in [0.4, 0.5) is 49.1 Å². The van der Waals surface area contributed by atoms with E-state index in [0.717, 1.165) is 41.1 Å². The molecular formula is C31H29Cl2F6N5. The van der Waals surface area contributed by atoms with Gasteiger partial charge in [-0.1, -0.05) is 47.5 Å². The van der Waals surface area contributed by atoms with Gasteiger partial charge in [-0.2, -0.15) is 26.3 Å². The van der Waals surface area contributed by atoms with Crippen molar-refractivity contribution in [3.63, 3.8) is 0 Å². The standard InChI is InChI=1S/C17H17ClF3N3.C14H12ClF3N2/c1-23(2)16-22-14-9-12(17(19,20)21)5-8-15(14)24(16)10-11-3-6-13(18)7-4-11;15-11-4-1-9(2-5-11)8-20-13-6-3-10(7-12(13)19)14(16,17)18/h3-9,16,22H,10H2,1-2H3;1-7,20H,8,19H2. The Labute approximate surface area is 261 Å². The third-order valence-corrected chi connectivity index (χ3v) is 7.25. The van der Waals surface area contributed by atoms with Crippen molar-refractivity contribution in [2.75, 3.05) is 35.4 Å². The zero-order valence-electron chi connectivity index (χ0n) is 23.6. The number of benzene rings is 4. The number of halogens is 8. The van der Waals surface area contributed by atoms with E-state index in [9.17, 15) is 26.3 Å². The smallest absolute Gasteiger partial charge is 0.397 e.